The number of benzene rings is 1. The molecule has 0 aliphatic carbocycles. The van der Waals surface area contributed by atoms with Gasteiger partial charge < -0.3 is 10.6 Å². The summed E-state index contributed by atoms with van der Waals surface area (Å²) in [6.45, 7) is 2.98. The highest BCUT2D eigenvalue weighted by Crippen LogP contribution is 2.24. The Labute approximate surface area is 121 Å². The molecular formula is C14H23N3O2S. The molecule has 1 heterocycles. The molecule has 1 aromatic carbocycles. The molecule has 0 amide bonds. The summed E-state index contributed by atoms with van der Waals surface area (Å²) >= 11 is 0. The Kier molecular flexibility index (Phi) is 4.36. The van der Waals surface area contributed by atoms with Gasteiger partial charge in [0.05, 0.1) is 4.90 Å². The van der Waals surface area contributed by atoms with Crippen LogP contribution in [0.4, 0.5) is 5.69 Å². The highest BCUT2D eigenvalue weighted by atomic mass is 32.2. The Bertz CT molecular complexity index is 576. The molecule has 1 aromatic rings. The van der Waals surface area contributed by atoms with Crippen molar-refractivity contribution in [2.45, 2.75) is 30.7 Å². The molecule has 0 aromatic heterocycles. The van der Waals surface area contributed by atoms with Crippen molar-refractivity contribution in [2.24, 2.45) is 0 Å². The number of sulfonamides is 1. The lowest BCUT2D eigenvalue weighted by atomic mass is 10.1. The normalized spacial score (nSPS) is 18.6. The van der Waals surface area contributed by atoms with E-state index in [1.54, 1.807) is 22.5 Å². The Morgan fingerprint density at radius 1 is 1.25 bits per heavy atom. The van der Waals surface area contributed by atoms with Gasteiger partial charge in [0.25, 0.3) is 0 Å². The van der Waals surface area contributed by atoms with Crippen LogP contribution in [-0.4, -0.2) is 50.8 Å². The molecule has 1 fully saturated rings. The van der Waals surface area contributed by atoms with Gasteiger partial charge in [-0.1, -0.05) is 0 Å². The van der Waals surface area contributed by atoms with E-state index in [0.717, 1.165) is 18.4 Å². The fourth-order valence-corrected chi connectivity index (χ4v) is 4.11. The van der Waals surface area contributed by atoms with E-state index in [0.29, 0.717) is 29.7 Å². The number of nitrogens with two attached hydrogens (primary N) is 1. The molecule has 2 rings (SSSR count). The van der Waals surface area contributed by atoms with Gasteiger partial charge >= 0.3 is 0 Å². The van der Waals surface area contributed by atoms with Gasteiger partial charge in [-0.3, -0.25) is 0 Å². The van der Waals surface area contributed by atoms with Crippen LogP contribution in [0.25, 0.3) is 0 Å². The minimum atomic E-state index is -3.39. The van der Waals surface area contributed by atoms with Gasteiger partial charge in [-0.2, -0.15) is 4.31 Å². The second-order valence-electron chi connectivity index (χ2n) is 5.62. The van der Waals surface area contributed by atoms with Crippen molar-refractivity contribution >= 4 is 15.7 Å². The fraction of sp³-hybridized carbons (Fsp3) is 0.571. The van der Waals surface area contributed by atoms with Gasteiger partial charge in [-0.05, 0) is 57.6 Å². The molecule has 20 heavy (non-hydrogen) atoms. The summed E-state index contributed by atoms with van der Waals surface area (Å²) in [7, 11) is 0.689. The average molecular weight is 297 g/mol. The first-order valence-electron chi connectivity index (χ1n) is 6.85. The number of anilines is 1. The van der Waals surface area contributed by atoms with E-state index in [2.05, 4.69) is 4.90 Å². The van der Waals surface area contributed by atoms with Crippen molar-refractivity contribution in [1.82, 2.24) is 9.21 Å². The van der Waals surface area contributed by atoms with E-state index < -0.39 is 10.0 Å². The number of rotatable bonds is 3. The van der Waals surface area contributed by atoms with Crippen molar-refractivity contribution in [3.63, 3.8) is 0 Å². The highest BCUT2D eigenvalue weighted by Gasteiger charge is 2.30. The molecule has 0 spiro atoms. The second-order valence-corrected chi connectivity index (χ2v) is 7.56. The lowest BCUT2D eigenvalue weighted by molar-refractivity contribution is 0.196. The van der Waals surface area contributed by atoms with Crippen LogP contribution >= 0.6 is 0 Å². The molecule has 112 valence electrons. The highest BCUT2D eigenvalue weighted by molar-refractivity contribution is 7.89. The third kappa shape index (κ3) is 2.97. The monoisotopic (exact) mass is 297 g/mol. The van der Waals surface area contributed by atoms with E-state index in [-0.39, 0.29) is 0 Å². The van der Waals surface area contributed by atoms with Crippen molar-refractivity contribution in [3.05, 3.63) is 23.8 Å². The van der Waals surface area contributed by atoms with Crippen LogP contribution in [0.15, 0.2) is 23.1 Å². The van der Waals surface area contributed by atoms with Crippen LogP contribution in [0.1, 0.15) is 18.4 Å². The Morgan fingerprint density at radius 3 is 2.35 bits per heavy atom. The van der Waals surface area contributed by atoms with Crippen molar-refractivity contribution in [3.8, 4) is 0 Å². The summed E-state index contributed by atoms with van der Waals surface area (Å²) in [5.41, 5.74) is 7.17. The molecule has 0 radical (unpaired) electrons. The fourth-order valence-electron chi connectivity index (χ4n) is 2.56. The third-order valence-corrected chi connectivity index (χ3v) is 5.93. The number of nitrogens with zero attached hydrogens (tertiary/aromatic N) is 2. The minimum Gasteiger partial charge on any atom is -0.399 e. The standard InChI is InChI=1S/C14H23N3O2S/c1-11-10-13(4-5-14(11)15)20(18,19)17-8-6-12(7-9-17)16(2)3/h4-5,10,12H,6-9,15H2,1-3H3. The summed E-state index contributed by atoms with van der Waals surface area (Å²) in [6, 6.07) is 5.38. The van der Waals surface area contributed by atoms with Gasteiger partial charge in [0, 0.05) is 24.8 Å². The van der Waals surface area contributed by atoms with Gasteiger partial charge in [0.15, 0.2) is 0 Å². The number of nitrogen functional groups attached to an aromatic ring is 1. The first-order valence-corrected chi connectivity index (χ1v) is 8.29. The summed E-state index contributed by atoms with van der Waals surface area (Å²) < 4.78 is 26.8. The third-order valence-electron chi connectivity index (χ3n) is 4.03. The second kappa shape index (κ2) is 5.71. The number of hydrogen-bond acceptors (Lipinski definition) is 4. The molecule has 0 atom stereocenters. The van der Waals surface area contributed by atoms with Gasteiger partial charge in [-0.25, -0.2) is 8.42 Å². The Hall–Kier alpha value is -1.11. The molecule has 6 heteroatoms. The maximum absolute atomic E-state index is 12.6. The zero-order valence-electron chi connectivity index (χ0n) is 12.3. The van der Waals surface area contributed by atoms with E-state index in [4.69, 9.17) is 5.73 Å². The predicted octanol–water partition coefficient (Wildman–Crippen LogP) is 1.29. The van der Waals surface area contributed by atoms with E-state index in [9.17, 15) is 8.42 Å². The van der Waals surface area contributed by atoms with Crippen LogP contribution in [0.3, 0.4) is 0 Å². The van der Waals surface area contributed by atoms with Gasteiger partial charge in [-0.15, -0.1) is 0 Å². The Balaban J connectivity index is 2.17. The first kappa shape index (κ1) is 15.3. The maximum Gasteiger partial charge on any atom is 0.243 e. The minimum absolute atomic E-state index is 0.340. The number of hydrogen-bond donors (Lipinski definition) is 1. The molecule has 1 aliphatic heterocycles. The molecule has 1 saturated heterocycles. The van der Waals surface area contributed by atoms with Gasteiger partial charge in [0.2, 0.25) is 10.0 Å². The summed E-state index contributed by atoms with van der Waals surface area (Å²) in [5, 5.41) is 0. The largest absolute Gasteiger partial charge is 0.399 e. The van der Waals surface area contributed by atoms with Crippen LogP contribution in [0.5, 0.6) is 0 Å². The van der Waals surface area contributed by atoms with E-state index in [1.165, 1.54) is 0 Å². The number of piperidine rings is 1. The summed E-state index contributed by atoms with van der Waals surface area (Å²) in [5.74, 6) is 0. The molecule has 0 bridgehead atoms. The van der Waals surface area contributed by atoms with Crippen LogP contribution in [0.2, 0.25) is 0 Å². The van der Waals surface area contributed by atoms with Crippen LogP contribution < -0.4 is 5.73 Å². The van der Waals surface area contributed by atoms with Crippen molar-refractivity contribution < 1.29 is 8.42 Å². The smallest absolute Gasteiger partial charge is 0.243 e. The van der Waals surface area contributed by atoms with E-state index in [1.807, 2.05) is 21.0 Å². The summed E-state index contributed by atoms with van der Waals surface area (Å²) in [4.78, 5) is 2.50. The Morgan fingerprint density at radius 2 is 1.85 bits per heavy atom. The molecule has 0 unspecified atom stereocenters. The molecule has 1 aliphatic rings. The lowest BCUT2D eigenvalue weighted by Gasteiger charge is -2.34. The average Bonchev–Trinajstić information content (AvgIpc) is 2.41. The van der Waals surface area contributed by atoms with Crippen LogP contribution in [0, 0.1) is 6.92 Å². The van der Waals surface area contributed by atoms with Crippen molar-refractivity contribution in [1.29, 1.82) is 0 Å². The predicted molar refractivity (Wildman–Crippen MR) is 81.1 cm³/mol. The molecular weight excluding hydrogens is 274 g/mol. The van der Waals surface area contributed by atoms with Crippen LogP contribution in [-0.2, 0) is 10.0 Å². The molecule has 0 saturated carbocycles. The van der Waals surface area contributed by atoms with Crippen molar-refractivity contribution in [2.75, 3.05) is 32.9 Å². The zero-order valence-corrected chi connectivity index (χ0v) is 13.2. The lowest BCUT2D eigenvalue weighted by Crippen LogP contribution is -2.44. The number of aryl methyl sites for hydroxylation is 1. The first-order chi connectivity index (χ1) is 9.32. The SMILES string of the molecule is Cc1cc(S(=O)(=O)N2CCC(N(C)C)CC2)ccc1N. The molecule has 5 nitrogen and oxygen atoms in total. The molecule has 2 N–H and O–H groups in total. The topological polar surface area (TPSA) is 66.6 Å². The zero-order chi connectivity index (χ0) is 14.9. The quantitative estimate of drug-likeness (QED) is 0.854. The van der Waals surface area contributed by atoms with Gasteiger partial charge in [0.1, 0.15) is 0 Å². The van der Waals surface area contributed by atoms with E-state index >= 15 is 0 Å². The maximum atomic E-state index is 12.6. The summed E-state index contributed by atoms with van der Waals surface area (Å²) in [6.07, 6.45) is 1.75.